The highest BCUT2D eigenvalue weighted by Gasteiger charge is 2.08. The molecule has 0 atom stereocenters. The summed E-state index contributed by atoms with van der Waals surface area (Å²) in [5, 5.41) is 3.99. The predicted molar refractivity (Wildman–Crippen MR) is 75.8 cm³/mol. The molecular formula is C15H14N4O. The van der Waals surface area contributed by atoms with Crippen LogP contribution in [0, 0.1) is 0 Å². The minimum atomic E-state index is 0.589. The van der Waals surface area contributed by atoms with Crippen molar-refractivity contribution in [3.8, 4) is 11.4 Å². The summed E-state index contributed by atoms with van der Waals surface area (Å²) in [6, 6.07) is 11.4. The van der Waals surface area contributed by atoms with Crippen LogP contribution in [0.25, 0.3) is 11.4 Å². The highest BCUT2D eigenvalue weighted by molar-refractivity contribution is 5.57. The first-order valence-electron chi connectivity index (χ1n) is 6.39. The summed E-state index contributed by atoms with van der Waals surface area (Å²) in [4.78, 5) is 8.47. The number of pyridine rings is 1. The second-order valence-corrected chi connectivity index (χ2v) is 4.50. The van der Waals surface area contributed by atoms with Gasteiger partial charge in [-0.05, 0) is 42.3 Å². The summed E-state index contributed by atoms with van der Waals surface area (Å²) in [5.74, 6) is 1.21. The van der Waals surface area contributed by atoms with E-state index in [9.17, 15) is 0 Å². The number of nitrogens with zero attached hydrogens (tertiary/aromatic N) is 3. The standard InChI is InChI=1S/C15H14N4O/c16-13-6-4-12(5-7-13)15-18-14(20-19-15)8-3-11-2-1-9-17-10-11/h1-2,4-7,9-10H,3,8,16H2. The van der Waals surface area contributed by atoms with Gasteiger partial charge in [0.2, 0.25) is 11.7 Å². The van der Waals surface area contributed by atoms with Gasteiger partial charge in [0.25, 0.3) is 0 Å². The van der Waals surface area contributed by atoms with Gasteiger partial charge in [0.15, 0.2) is 0 Å². The van der Waals surface area contributed by atoms with Crippen molar-refractivity contribution >= 4 is 5.69 Å². The van der Waals surface area contributed by atoms with E-state index in [4.69, 9.17) is 10.3 Å². The molecule has 0 saturated carbocycles. The second kappa shape index (κ2) is 5.52. The maximum atomic E-state index is 5.65. The Morgan fingerprint density at radius 3 is 2.65 bits per heavy atom. The first-order chi connectivity index (χ1) is 9.81. The number of anilines is 1. The molecule has 0 aliphatic rings. The fraction of sp³-hybridized carbons (Fsp3) is 0.133. The zero-order chi connectivity index (χ0) is 13.8. The minimum Gasteiger partial charge on any atom is -0.399 e. The number of benzene rings is 1. The molecule has 0 bridgehead atoms. The molecular weight excluding hydrogens is 252 g/mol. The zero-order valence-electron chi connectivity index (χ0n) is 10.9. The lowest BCUT2D eigenvalue weighted by Gasteiger charge is -1.96. The van der Waals surface area contributed by atoms with Gasteiger partial charge in [0, 0.05) is 30.1 Å². The molecule has 2 aromatic heterocycles. The summed E-state index contributed by atoms with van der Waals surface area (Å²) in [6.07, 6.45) is 5.14. The molecule has 0 saturated heterocycles. The van der Waals surface area contributed by atoms with Gasteiger partial charge < -0.3 is 10.3 Å². The van der Waals surface area contributed by atoms with Crippen molar-refractivity contribution in [1.29, 1.82) is 0 Å². The largest absolute Gasteiger partial charge is 0.399 e. The van der Waals surface area contributed by atoms with Crippen molar-refractivity contribution in [3.05, 3.63) is 60.2 Å². The first kappa shape index (κ1) is 12.3. The van der Waals surface area contributed by atoms with Crippen LogP contribution in [-0.4, -0.2) is 15.1 Å². The average Bonchev–Trinajstić information content (AvgIpc) is 2.96. The third-order valence-corrected chi connectivity index (χ3v) is 2.99. The quantitative estimate of drug-likeness (QED) is 0.734. The van der Waals surface area contributed by atoms with Gasteiger partial charge in [0.05, 0.1) is 0 Å². The molecule has 3 rings (SSSR count). The minimum absolute atomic E-state index is 0.589. The van der Waals surface area contributed by atoms with Crippen LogP contribution in [0.15, 0.2) is 53.3 Å². The van der Waals surface area contributed by atoms with E-state index in [-0.39, 0.29) is 0 Å². The maximum Gasteiger partial charge on any atom is 0.227 e. The molecule has 5 nitrogen and oxygen atoms in total. The molecule has 0 radical (unpaired) electrons. The van der Waals surface area contributed by atoms with Crippen molar-refractivity contribution in [3.63, 3.8) is 0 Å². The van der Waals surface area contributed by atoms with Crippen LogP contribution in [0.3, 0.4) is 0 Å². The van der Waals surface area contributed by atoms with Gasteiger partial charge in [-0.15, -0.1) is 0 Å². The Balaban J connectivity index is 1.69. The Kier molecular flexibility index (Phi) is 3.41. The number of hydrogen-bond donors (Lipinski definition) is 1. The van der Waals surface area contributed by atoms with Crippen LogP contribution in [0.1, 0.15) is 11.5 Å². The molecule has 2 heterocycles. The van der Waals surface area contributed by atoms with E-state index >= 15 is 0 Å². The van der Waals surface area contributed by atoms with Crippen LogP contribution in [0.4, 0.5) is 5.69 Å². The number of rotatable bonds is 4. The Labute approximate surface area is 116 Å². The van der Waals surface area contributed by atoms with Crippen LogP contribution < -0.4 is 5.73 Å². The molecule has 100 valence electrons. The van der Waals surface area contributed by atoms with E-state index in [1.807, 2.05) is 42.6 Å². The summed E-state index contributed by atoms with van der Waals surface area (Å²) in [5.41, 5.74) is 8.42. The van der Waals surface area contributed by atoms with Crippen molar-refractivity contribution in [2.24, 2.45) is 0 Å². The van der Waals surface area contributed by atoms with E-state index in [1.165, 1.54) is 0 Å². The number of aromatic nitrogens is 3. The van der Waals surface area contributed by atoms with Crippen LogP contribution in [0.2, 0.25) is 0 Å². The number of nitrogen functional groups attached to an aromatic ring is 1. The van der Waals surface area contributed by atoms with Gasteiger partial charge in [-0.25, -0.2) is 0 Å². The van der Waals surface area contributed by atoms with E-state index in [2.05, 4.69) is 15.1 Å². The van der Waals surface area contributed by atoms with Crippen LogP contribution in [0.5, 0.6) is 0 Å². The van der Waals surface area contributed by atoms with E-state index in [0.29, 0.717) is 23.8 Å². The fourth-order valence-corrected chi connectivity index (χ4v) is 1.90. The second-order valence-electron chi connectivity index (χ2n) is 4.50. The number of nitrogens with two attached hydrogens (primary N) is 1. The van der Waals surface area contributed by atoms with Crippen molar-refractivity contribution in [1.82, 2.24) is 15.1 Å². The maximum absolute atomic E-state index is 5.65. The van der Waals surface area contributed by atoms with Gasteiger partial charge in [-0.2, -0.15) is 4.98 Å². The Bertz CT molecular complexity index is 677. The molecule has 3 aromatic rings. The van der Waals surface area contributed by atoms with Gasteiger partial charge in [-0.1, -0.05) is 11.2 Å². The molecule has 0 unspecified atom stereocenters. The Morgan fingerprint density at radius 1 is 1.05 bits per heavy atom. The lowest BCUT2D eigenvalue weighted by Crippen LogP contribution is -1.92. The average molecular weight is 266 g/mol. The summed E-state index contributed by atoms with van der Waals surface area (Å²) < 4.78 is 5.26. The highest BCUT2D eigenvalue weighted by atomic mass is 16.5. The summed E-state index contributed by atoms with van der Waals surface area (Å²) in [7, 11) is 0. The monoisotopic (exact) mass is 266 g/mol. The topological polar surface area (TPSA) is 77.8 Å². The van der Waals surface area contributed by atoms with Crippen LogP contribution >= 0.6 is 0 Å². The molecule has 0 aliphatic carbocycles. The highest BCUT2D eigenvalue weighted by Crippen LogP contribution is 2.17. The van der Waals surface area contributed by atoms with E-state index in [0.717, 1.165) is 17.5 Å². The van der Waals surface area contributed by atoms with Gasteiger partial charge in [-0.3, -0.25) is 4.98 Å². The molecule has 2 N–H and O–H groups in total. The van der Waals surface area contributed by atoms with E-state index < -0.39 is 0 Å². The van der Waals surface area contributed by atoms with E-state index in [1.54, 1.807) is 6.20 Å². The zero-order valence-corrected chi connectivity index (χ0v) is 10.9. The third kappa shape index (κ3) is 2.83. The third-order valence-electron chi connectivity index (χ3n) is 2.99. The molecule has 0 spiro atoms. The summed E-state index contributed by atoms with van der Waals surface area (Å²) in [6.45, 7) is 0. The molecule has 0 fully saturated rings. The predicted octanol–water partition coefficient (Wildman–Crippen LogP) is 2.50. The van der Waals surface area contributed by atoms with Gasteiger partial charge in [0.1, 0.15) is 0 Å². The number of hydrogen-bond acceptors (Lipinski definition) is 5. The first-order valence-corrected chi connectivity index (χ1v) is 6.39. The molecule has 20 heavy (non-hydrogen) atoms. The normalized spacial score (nSPS) is 10.6. The summed E-state index contributed by atoms with van der Waals surface area (Å²) >= 11 is 0. The molecule has 5 heteroatoms. The van der Waals surface area contributed by atoms with Crippen molar-refractivity contribution in [2.45, 2.75) is 12.8 Å². The number of aryl methyl sites for hydroxylation is 2. The van der Waals surface area contributed by atoms with Gasteiger partial charge >= 0.3 is 0 Å². The lowest BCUT2D eigenvalue weighted by atomic mass is 10.1. The Hall–Kier alpha value is -2.69. The lowest BCUT2D eigenvalue weighted by molar-refractivity contribution is 0.379. The SMILES string of the molecule is Nc1ccc(-c2noc(CCc3cccnc3)n2)cc1. The molecule has 1 aromatic carbocycles. The van der Waals surface area contributed by atoms with Crippen LogP contribution in [-0.2, 0) is 12.8 Å². The molecule has 0 amide bonds. The molecule has 0 aliphatic heterocycles. The van der Waals surface area contributed by atoms with Crippen molar-refractivity contribution < 1.29 is 4.52 Å². The Morgan fingerprint density at radius 2 is 1.90 bits per heavy atom. The smallest absolute Gasteiger partial charge is 0.227 e. The fourth-order valence-electron chi connectivity index (χ4n) is 1.90. The van der Waals surface area contributed by atoms with Crippen molar-refractivity contribution in [2.75, 3.05) is 5.73 Å².